The van der Waals surface area contributed by atoms with Crippen LogP contribution in [-0.2, 0) is 26.0 Å². The van der Waals surface area contributed by atoms with Gasteiger partial charge in [0, 0.05) is 44.2 Å². The van der Waals surface area contributed by atoms with Crippen molar-refractivity contribution in [3.63, 3.8) is 0 Å². The van der Waals surface area contributed by atoms with Crippen LogP contribution in [0.15, 0.2) is 41.3 Å². The van der Waals surface area contributed by atoms with E-state index in [9.17, 15) is 18.0 Å². The second-order valence-corrected chi connectivity index (χ2v) is 10.7. The first-order chi connectivity index (χ1) is 16.7. The first kappa shape index (κ1) is 25.0. The largest absolute Gasteiger partial charge is 0.497 e. The van der Waals surface area contributed by atoms with E-state index in [-0.39, 0.29) is 35.7 Å². The quantitative estimate of drug-likeness (QED) is 0.652. The summed E-state index contributed by atoms with van der Waals surface area (Å²) in [6.45, 7) is 2.68. The second kappa shape index (κ2) is 10.2. The Morgan fingerprint density at radius 1 is 1.00 bits per heavy atom. The summed E-state index contributed by atoms with van der Waals surface area (Å²) in [5, 5.41) is 2.89. The Labute approximate surface area is 206 Å². The number of methoxy groups -OCH3 is 2. The third-order valence-electron chi connectivity index (χ3n) is 6.68. The number of piperidine rings is 1. The van der Waals surface area contributed by atoms with E-state index in [2.05, 4.69) is 5.32 Å². The number of hydrogen-bond donors (Lipinski definition) is 1. The lowest BCUT2D eigenvalue weighted by molar-refractivity contribution is -0.121. The van der Waals surface area contributed by atoms with E-state index in [1.165, 1.54) is 18.3 Å². The molecule has 1 saturated heterocycles. The molecule has 2 aliphatic heterocycles. The van der Waals surface area contributed by atoms with Gasteiger partial charge in [0.25, 0.3) is 0 Å². The van der Waals surface area contributed by atoms with Gasteiger partial charge in [-0.05, 0) is 61.6 Å². The number of aryl methyl sites for hydroxylation is 1. The van der Waals surface area contributed by atoms with Crippen LogP contribution in [0, 0.1) is 5.92 Å². The Bertz CT molecular complexity index is 1220. The number of anilines is 2. The van der Waals surface area contributed by atoms with E-state index in [0.29, 0.717) is 36.6 Å². The van der Waals surface area contributed by atoms with Crippen molar-refractivity contribution in [3.05, 3.63) is 42.0 Å². The number of sulfonamides is 1. The molecule has 0 saturated carbocycles. The molecule has 10 heteroatoms. The highest BCUT2D eigenvalue weighted by molar-refractivity contribution is 7.89. The van der Waals surface area contributed by atoms with Gasteiger partial charge in [-0.3, -0.25) is 9.59 Å². The second-order valence-electron chi connectivity index (χ2n) is 8.80. The number of fused-ring (bicyclic) bond motifs is 1. The highest BCUT2D eigenvalue weighted by Gasteiger charge is 2.33. The number of carbonyl (C=O) groups excluding carboxylic acids is 2. The topological polar surface area (TPSA) is 105 Å². The fraction of sp³-hybridized carbons (Fsp3) is 0.440. The molecule has 2 heterocycles. The van der Waals surface area contributed by atoms with Gasteiger partial charge < -0.3 is 19.7 Å². The summed E-state index contributed by atoms with van der Waals surface area (Å²) in [5.41, 5.74) is 2.17. The van der Waals surface area contributed by atoms with Gasteiger partial charge in [0.1, 0.15) is 11.5 Å². The van der Waals surface area contributed by atoms with Crippen LogP contribution in [0.2, 0.25) is 0 Å². The number of carbonyl (C=O) groups is 2. The average molecular weight is 502 g/mol. The molecule has 0 spiro atoms. The smallest absolute Gasteiger partial charge is 0.243 e. The summed E-state index contributed by atoms with van der Waals surface area (Å²) in [6.07, 6.45) is 2.37. The summed E-state index contributed by atoms with van der Waals surface area (Å²) in [4.78, 5) is 26.7. The Morgan fingerprint density at radius 2 is 1.74 bits per heavy atom. The number of nitrogens with zero attached hydrogens (tertiary/aromatic N) is 2. The van der Waals surface area contributed by atoms with Crippen LogP contribution < -0.4 is 19.7 Å². The third kappa shape index (κ3) is 5.13. The van der Waals surface area contributed by atoms with Crippen molar-refractivity contribution in [1.82, 2.24) is 4.31 Å². The van der Waals surface area contributed by atoms with Crippen molar-refractivity contribution < 1.29 is 27.5 Å². The minimum Gasteiger partial charge on any atom is -0.497 e. The minimum absolute atomic E-state index is 0.0477. The summed E-state index contributed by atoms with van der Waals surface area (Å²) in [6, 6.07) is 10.1. The Kier molecular flexibility index (Phi) is 7.32. The SMILES string of the molecule is COc1ccc(OC)c(NC(=O)C2CCN(S(=O)(=O)c3ccc4c(c3)CCCN4C(C)=O)CC2)c1. The van der Waals surface area contributed by atoms with Gasteiger partial charge in [-0.2, -0.15) is 4.31 Å². The molecular weight excluding hydrogens is 470 g/mol. The van der Waals surface area contributed by atoms with E-state index in [0.717, 1.165) is 24.1 Å². The summed E-state index contributed by atoms with van der Waals surface area (Å²) in [7, 11) is -0.625. The molecular formula is C25H31N3O6S. The molecule has 2 aliphatic rings. The average Bonchev–Trinajstić information content (AvgIpc) is 2.87. The molecule has 0 aromatic heterocycles. The highest BCUT2D eigenvalue weighted by atomic mass is 32.2. The lowest BCUT2D eigenvalue weighted by Gasteiger charge is -2.32. The summed E-state index contributed by atoms with van der Waals surface area (Å²) >= 11 is 0. The van der Waals surface area contributed by atoms with Crippen LogP contribution in [0.5, 0.6) is 11.5 Å². The first-order valence-corrected chi connectivity index (χ1v) is 13.1. The first-order valence-electron chi connectivity index (χ1n) is 11.7. The normalized spacial score (nSPS) is 16.9. The van der Waals surface area contributed by atoms with Crippen LogP contribution in [0.4, 0.5) is 11.4 Å². The molecule has 9 nitrogen and oxygen atoms in total. The monoisotopic (exact) mass is 501 g/mol. The van der Waals surface area contributed by atoms with E-state index < -0.39 is 10.0 Å². The van der Waals surface area contributed by atoms with E-state index >= 15 is 0 Å². The van der Waals surface area contributed by atoms with E-state index in [1.54, 1.807) is 48.4 Å². The molecule has 0 bridgehead atoms. The molecule has 2 aromatic rings. The predicted octanol–water partition coefficient (Wildman–Crippen LogP) is 3.04. The van der Waals surface area contributed by atoms with Crippen LogP contribution >= 0.6 is 0 Å². The lowest BCUT2D eigenvalue weighted by atomic mass is 9.97. The minimum atomic E-state index is -3.70. The van der Waals surface area contributed by atoms with Gasteiger partial charge in [-0.1, -0.05) is 0 Å². The number of benzene rings is 2. The van der Waals surface area contributed by atoms with Crippen LogP contribution in [0.3, 0.4) is 0 Å². The standard InChI is InChI=1S/C25H31N3O6S/c1-17(29)28-12-4-5-19-15-21(7-8-23(19)28)35(31,32)27-13-10-18(11-14-27)25(30)26-22-16-20(33-2)6-9-24(22)34-3/h6-9,15-16,18H,4-5,10-14H2,1-3H3,(H,26,30). The van der Waals surface area contributed by atoms with Crippen molar-refractivity contribution in [2.24, 2.45) is 5.92 Å². The van der Waals surface area contributed by atoms with E-state index in [4.69, 9.17) is 9.47 Å². The molecule has 2 amide bonds. The lowest BCUT2D eigenvalue weighted by Crippen LogP contribution is -2.41. The van der Waals surface area contributed by atoms with Gasteiger partial charge in [0.15, 0.2) is 0 Å². The Balaban J connectivity index is 1.43. The zero-order valence-corrected chi connectivity index (χ0v) is 21.1. The van der Waals surface area contributed by atoms with Crippen molar-refractivity contribution in [1.29, 1.82) is 0 Å². The molecule has 2 aromatic carbocycles. The Hall–Kier alpha value is -3.11. The molecule has 0 unspecified atom stereocenters. The van der Waals surface area contributed by atoms with Crippen LogP contribution in [0.1, 0.15) is 31.7 Å². The van der Waals surface area contributed by atoms with Crippen molar-refractivity contribution in [3.8, 4) is 11.5 Å². The molecule has 0 aliphatic carbocycles. The zero-order chi connectivity index (χ0) is 25.2. The third-order valence-corrected chi connectivity index (χ3v) is 8.57. The molecule has 35 heavy (non-hydrogen) atoms. The molecule has 4 rings (SSSR count). The fourth-order valence-corrected chi connectivity index (χ4v) is 6.24. The van der Waals surface area contributed by atoms with Crippen LogP contribution in [0.25, 0.3) is 0 Å². The number of rotatable bonds is 6. The molecule has 1 N–H and O–H groups in total. The maximum Gasteiger partial charge on any atom is 0.243 e. The molecule has 1 fully saturated rings. The van der Waals surface area contributed by atoms with Gasteiger partial charge in [0.05, 0.1) is 24.8 Å². The number of amides is 2. The highest BCUT2D eigenvalue weighted by Crippen LogP contribution is 2.33. The number of nitrogens with one attached hydrogen (secondary N) is 1. The van der Waals surface area contributed by atoms with Crippen LogP contribution in [-0.4, -0.2) is 58.4 Å². The fourth-order valence-electron chi connectivity index (χ4n) is 4.71. The Morgan fingerprint density at radius 3 is 2.40 bits per heavy atom. The van der Waals surface area contributed by atoms with Crippen molar-refractivity contribution in [2.45, 2.75) is 37.5 Å². The molecule has 0 atom stereocenters. The van der Waals surface area contributed by atoms with Crippen molar-refractivity contribution in [2.75, 3.05) is 44.1 Å². The van der Waals surface area contributed by atoms with Gasteiger partial charge in [-0.15, -0.1) is 0 Å². The molecule has 0 radical (unpaired) electrons. The van der Waals surface area contributed by atoms with Gasteiger partial charge >= 0.3 is 0 Å². The van der Waals surface area contributed by atoms with Gasteiger partial charge in [0.2, 0.25) is 21.8 Å². The predicted molar refractivity (Wildman–Crippen MR) is 132 cm³/mol. The molecule has 188 valence electrons. The summed E-state index contributed by atoms with van der Waals surface area (Å²) in [5.74, 6) is 0.582. The number of hydrogen-bond acceptors (Lipinski definition) is 6. The maximum absolute atomic E-state index is 13.3. The maximum atomic E-state index is 13.3. The zero-order valence-electron chi connectivity index (χ0n) is 20.2. The van der Waals surface area contributed by atoms with Gasteiger partial charge in [-0.25, -0.2) is 8.42 Å². The van der Waals surface area contributed by atoms with E-state index in [1.807, 2.05) is 0 Å². The summed E-state index contributed by atoms with van der Waals surface area (Å²) < 4.78 is 38.6. The number of ether oxygens (including phenoxy) is 2. The van der Waals surface area contributed by atoms with Crippen molar-refractivity contribution >= 4 is 33.2 Å².